The Morgan fingerprint density at radius 2 is 2.36 bits per heavy atom. The van der Waals surface area contributed by atoms with Gasteiger partial charge in [-0.2, -0.15) is 0 Å². The van der Waals surface area contributed by atoms with Crippen molar-refractivity contribution in [2.75, 3.05) is 23.8 Å². The number of nitrogens with one attached hydrogen (secondary N) is 2. The van der Waals surface area contributed by atoms with Crippen molar-refractivity contribution in [3.8, 4) is 0 Å². The van der Waals surface area contributed by atoms with Crippen molar-refractivity contribution in [1.82, 2.24) is 10.2 Å². The Morgan fingerprint density at radius 1 is 1.54 bits per heavy atom. The number of ether oxygens (including phenoxy) is 1. The summed E-state index contributed by atoms with van der Waals surface area (Å²) >= 11 is 8.63. The topological polar surface area (TPSA) is 119 Å². The molecule has 0 radical (unpaired) electrons. The normalized spacial score (nSPS) is 17.3. The van der Waals surface area contributed by atoms with Crippen LogP contribution in [-0.4, -0.2) is 45.5 Å². The van der Waals surface area contributed by atoms with Gasteiger partial charge < -0.3 is 15.4 Å². The molecule has 0 aliphatic carbocycles. The Bertz CT molecular complexity index is 859. The molecule has 1 aromatic carbocycles. The van der Waals surface area contributed by atoms with E-state index in [1.54, 1.807) is 6.92 Å². The highest BCUT2D eigenvalue weighted by Crippen LogP contribution is 2.31. The Kier molecular flexibility index (Phi) is 7.05. The van der Waals surface area contributed by atoms with Crippen LogP contribution in [0.2, 0.25) is 5.02 Å². The number of rotatable bonds is 8. The number of anilines is 2. The fourth-order valence-electron chi connectivity index (χ4n) is 2.50. The third-order valence-corrected chi connectivity index (χ3v) is 6.37. The molecule has 0 bridgehead atoms. The second-order valence-corrected chi connectivity index (χ2v) is 9.03. The predicted octanol–water partition coefficient (Wildman–Crippen LogP) is 3.81. The summed E-state index contributed by atoms with van der Waals surface area (Å²) in [6.07, 6.45) is 2.31. The predicted molar refractivity (Wildman–Crippen MR) is 109 cm³/mol. The molecule has 150 valence electrons. The van der Waals surface area contributed by atoms with Crippen LogP contribution in [0.1, 0.15) is 19.8 Å². The molecule has 2 aromatic rings. The summed E-state index contributed by atoms with van der Waals surface area (Å²) in [4.78, 5) is 22.8. The third kappa shape index (κ3) is 5.53. The van der Waals surface area contributed by atoms with E-state index in [0.717, 1.165) is 19.4 Å². The Labute approximate surface area is 174 Å². The second kappa shape index (κ2) is 9.50. The summed E-state index contributed by atoms with van der Waals surface area (Å²) in [5.74, 6) is -0.337. The van der Waals surface area contributed by atoms with Crippen LogP contribution in [-0.2, 0) is 9.53 Å². The SMILES string of the molecule is C[C@@H](Sc1nnc(NC[C@@H]2CCCO2)s1)C(=O)Nc1cc([N+](=O)[O-])ccc1Cl. The molecule has 28 heavy (non-hydrogen) atoms. The number of aromatic nitrogens is 2. The number of benzene rings is 1. The van der Waals surface area contributed by atoms with Crippen LogP contribution >= 0.6 is 34.7 Å². The van der Waals surface area contributed by atoms with E-state index in [1.165, 1.54) is 41.3 Å². The van der Waals surface area contributed by atoms with Gasteiger partial charge in [0.25, 0.3) is 5.69 Å². The zero-order valence-electron chi connectivity index (χ0n) is 14.9. The quantitative estimate of drug-likeness (QED) is 0.359. The molecule has 1 amide bonds. The highest BCUT2D eigenvalue weighted by Gasteiger charge is 2.20. The van der Waals surface area contributed by atoms with Crippen LogP contribution in [0.3, 0.4) is 0 Å². The van der Waals surface area contributed by atoms with Gasteiger partial charge in [-0.3, -0.25) is 14.9 Å². The van der Waals surface area contributed by atoms with Gasteiger partial charge in [-0.1, -0.05) is 34.7 Å². The summed E-state index contributed by atoms with van der Waals surface area (Å²) < 4.78 is 6.19. The van der Waals surface area contributed by atoms with E-state index < -0.39 is 10.2 Å². The maximum absolute atomic E-state index is 12.4. The molecule has 1 saturated heterocycles. The second-order valence-electron chi connectivity index (χ2n) is 6.06. The maximum atomic E-state index is 12.4. The molecule has 1 aliphatic rings. The van der Waals surface area contributed by atoms with Crippen molar-refractivity contribution in [3.05, 3.63) is 33.3 Å². The summed E-state index contributed by atoms with van der Waals surface area (Å²) in [5, 5.41) is 25.3. The lowest BCUT2D eigenvalue weighted by Gasteiger charge is -2.11. The number of nitro benzene ring substituents is 1. The lowest BCUT2D eigenvalue weighted by Crippen LogP contribution is -2.22. The number of thioether (sulfide) groups is 1. The van der Waals surface area contributed by atoms with Gasteiger partial charge >= 0.3 is 0 Å². The van der Waals surface area contributed by atoms with Gasteiger partial charge in [0.1, 0.15) is 0 Å². The lowest BCUT2D eigenvalue weighted by molar-refractivity contribution is -0.384. The first-order chi connectivity index (χ1) is 13.4. The smallest absolute Gasteiger partial charge is 0.271 e. The van der Waals surface area contributed by atoms with Crippen molar-refractivity contribution in [2.45, 2.75) is 35.5 Å². The Hall–Kier alpha value is -1.95. The zero-order valence-corrected chi connectivity index (χ0v) is 17.3. The Morgan fingerprint density at radius 3 is 3.07 bits per heavy atom. The lowest BCUT2D eigenvalue weighted by atomic mass is 10.2. The number of non-ortho nitro benzene ring substituents is 1. The molecule has 0 unspecified atom stereocenters. The fourth-order valence-corrected chi connectivity index (χ4v) is 4.56. The molecule has 2 atom stereocenters. The van der Waals surface area contributed by atoms with Gasteiger partial charge in [-0.25, -0.2) is 0 Å². The molecule has 9 nitrogen and oxygen atoms in total. The van der Waals surface area contributed by atoms with Crippen LogP contribution < -0.4 is 10.6 Å². The van der Waals surface area contributed by atoms with Crippen molar-refractivity contribution >= 4 is 57.1 Å². The minimum atomic E-state index is -0.545. The fraction of sp³-hybridized carbons (Fsp3) is 0.438. The first-order valence-electron chi connectivity index (χ1n) is 8.53. The van der Waals surface area contributed by atoms with E-state index in [1.807, 2.05) is 0 Å². The number of halogens is 1. The number of amides is 1. The molecule has 2 heterocycles. The van der Waals surface area contributed by atoms with Crippen molar-refractivity contribution in [1.29, 1.82) is 0 Å². The molecule has 1 fully saturated rings. The molecule has 0 spiro atoms. The molecule has 12 heteroatoms. The minimum Gasteiger partial charge on any atom is -0.376 e. The highest BCUT2D eigenvalue weighted by molar-refractivity contribution is 8.02. The number of carbonyl (C=O) groups is 1. The van der Waals surface area contributed by atoms with Gasteiger partial charge in [-0.05, 0) is 25.8 Å². The highest BCUT2D eigenvalue weighted by atomic mass is 35.5. The summed E-state index contributed by atoms with van der Waals surface area (Å²) in [7, 11) is 0. The number of hydrogen-bond acceptors (Lipinski definition) is 9. The van der Waals surface area contributed by atoms with E-state index in [9.17, 15) is 14.9 Å². The zero-order chi connectivity index (χ0) is 20.1. The minimum absolute atomic E-state index is 0.147. The maximum Gasteiger partial charge on any atom is 0.271 e. The molecule has 1 aromatic heterocycles. The van der Waals surface area contributed by atoms with Crippen molar-refractivity contribution < 1.29 is 14.5 Å². The van der Waals surface area contributed by atoms with Crippen LogP contribution in [0.5, 0.6) is 0 Å². The molecule has 3 rings (SSSR count). The number of nitrogens with zero attached hydrogens (tertiary/aromatic N) is 3. The van der Waals surface area contributed by atoms with Gasteiger partial charge in [0.05, 0.1) is 27.0 Å². The van der Waals surface area contributed by atoms with Crippen LogP contribution in [0, 0.1) is 10.1 Å². The number of nitro groups is 1. The third-order valence-electron chi connectivity index (χ3n) is 3.98. The monoisotopic (exact) mass is 443 g/mol. The van der Waals surface area contributed by atoms with E-state index in [-0.39, 0.29) is 28.4 Å². The first kappa shape index (κ1) is 20.8. The molecule has 0 saturated carbocycles. The van der Waals surface area contributed by atoms with Gasteiger partial charge in [-0.15, -0.1) is 10.2 Å². The summed E-state index contributed by atoms with van der Waals surface area (Å²) in [6.45, 7) is 3.19. The van der Waals surface area contributed by atoms with Gasteiger partial charge in [0, 0.05) is 25.3 Å². The van der Waals surface area contributed by atoms with Gasteiger partial charge in [0.15, 0.2) is 4.34 Å². The van der Waals surface area contributed by atoms with E-state index in [4.69, 9.17) is 16.3 Å². The Balaban J connectivity index is 1.54. The van der Waals surface area contributed by atoms with Crippen molar-refractivity contribution in [2.24, 2.45) is 0 Å². The van der Waals surface area contributed by atoms with E-state index in [2.05, 4.69) is 20.8 Å². The van der Waals surface area contributed by atoms with Crippen molar-refractivity contribution in [3.63, 3.8) is 0 Å². The summed E-state index contributed by atoms with van der Waals surface area (Å²) in [6, 6.07) is 3.89. The number of hydrogen-bond donors (Lipinski definition) is 2. The largest absolute Gasteiger partial charge is 0.376 e. The van der Waals surface area contributed by atoms with E-state index in [0.29, 0.717) is 16.0 Å². The van der Waals surface area contributed by atoms with Crippen LogP contribution in [0.15, 0.2) is 22.5 Å². The van der Waals surface area contributed by atoms with Crippen LogP contribution in [0.4, 0.5) is 16.5 Å². The summed E-state index contributed by atoms with van der Waals surface area (Å²) in [5.41, 5.74) is 0.0515. The average Bonchev–Trinajstić information content (AvgIpc) is 3.33. The molecule has 2 N–H and O–H groups in total. The average molecular weight is 444 g/mol. The molecule has 1 aliphatic heterocycles. The first-order valence-corrected chi connectivity index (χ1v) is 10.6. The molecular weight excluding hydrogens is 426 g/mol. The van der Waals surface area contributed by atoms with E-state index >= 15 is 0 Å². The number of carbonyl (C=O) groups excluding carboxylic acids is 1. The molecular formula is C16H18ClN5O4S2. The van der Waals surface area contributed by atoms with Gasteiger partial charge in [0.2, 0.25) is 11.0 Å². The van der Waals surface area contributed by atoms with Crippen LogP contribution in [0.25, 0.3) is 0 Å². The standard InChI is InChI=1S/C16H18ClN5O4S2/c1-9(14(23)19-13-7-10(22(24)25)4-5-12(13)17)27-16-21-20-15(28-16)18-8-11-3-2-6-26-11/h4-5,7,9,11H,2-3,6,8H2,1H3,(H,18,20)(H,19,23)/t9-,11+/m1/s1.